The van der Waals surface area contributed by atoms with E-state index in [0.29, 0.717) is 5.02 Å². The van der Waals surface area contributed by atoms with E-state index in [-0.39, 0.29) is 0 Å². The van der Waals surface area contributed by atoms with E-state index in [1.807, 2.05) is 40.9 Å². The molecule has 3 heterocycles. The highest BCUT2D eigenvalue weighted by Crippen LogP contribution is 2.25. The van der Waals surface area contributed by atoms with E-state index in [0.717, 1.165) is 44.7 Å². The molecule has 0 aliphatic heterocycles. The number of fused-ring (bicyclic) bond motifs is 2. The normalized spacial score (nSPS) is 11.6. The molecule has 128 valence electrons. The Hall–Kier alpha value is -2.35. The lowest BCUT2D eigenvalue weighted by Gasteiger charge is -1.97. The second-order valence-electron chi connectivity index (χ2n) is 5.80. The first-order chi connectivity index (χ1) is 12.8. The maximum Gasteiger partial charge on any atom is 0.234 e. The summed E-state index contributed by atoms with van der Waals surface area (Å²) >= 11 is 9.28. The first-order valence-corrected chi connectivity index (χ1v) is 10.1. The van der Waals surface area contributed by atoms with Crippen molar-refractivity contribution in [2.75, 3.05) is 0 Å². The van der Waals surface area contributed by atoms with E-state index in [2.05, 4.69) is 22.3 Å². The van der Waals surface area contributed by atoms with Crippen LogP contribution in [0.1, 0.15) is 10.0 Å². The summed E-state index contributed by atoms with van der Waals surface area (Å²) in [5, 5.41) is 16.1. The van der Waals surface area contributed by atoms with Gasteiger partial charge in [-0.15, -0.1) is 21.5 Å². The van der Waals surface area contributed by atoms with Gasteiger partial charge >= 0.3 is 0 Å². The molecule has 0 fully saturated rings. The standard InChI is InChI=1S/C18H12ClN5S2/c19-12-7-5-11(6-8-12)17-21-22-18-24(17)23-16(26-18)10-9-15-20-13-3-1-2-4-14(13)25-15/h1-8H,9-10H2. The third-order valence-corrected chi connectivity index (χ3v) is 6.33. The lowest BCUT2D eigenvalue weighted by molar-refractivity contribution is 0.862. The third kappa shape index (κ3) is 2.88. The first kappa shape index (κ1) is 15.9. The van der Waals surface area contributed by atoms with Crippen molar-refractivity contribution in [2.24, 2.45) is 0 Å². The van der Waals surface area contributed by atoms with Gasteiger partial charge in [-0.1, -0.05) is 35.1 Å². The molecular formula is C18H12ClN5S2. The van der Waals surface area contributed by atoms with Gasteiger partial charge in [0.2, 0.25) is 4.96 Å². The van der Waals surface area contributed by atoms with Crippen LogP contribution < -0.4 is 0 Å². The van der Waals surface area contributed by atoms with Crippen LogP contribution >= 0.6 is 34.3 Å². The SMILES string of the molecule is Clc1ccc(-c2nnc3sc(CCc4nc5ccccc5s4)nn23)cc1. The van der Waals surface area contributed by atoms with Gasteiger partial charge in [-0.3, -0.25) is 0 Å². The molecular weight excluding hydrogens is 386 g/mol. The Kier molecular flexibility index (Phi) is 3.92. The van der Waals surface area contributed by atoms with Gasteiger partial charge in [0.05, 0.1) is 15.2 Å². The number of aromatic nitrogens is 5. The first-order valence-electron chi connectivity index (χ1n) is 8.08. The summed E-state index contributed by atoms with van der Waals surface area (Å²) < 4.78 is 3.03. The smallest absolute Gasteiger partial charge is 0.234 e. The van der Waals surface area contributed by atoms with Crippen molar-refractivity contribution in [3.05, 3.63) is 63.6 Å². The van der Waals surface area contributed by atoms with Gasteiger partial charge in [-0.05, 0) is 36.4 Å². The number of halogens is 1. The molecule has 0 saturated heterocycles. The molecule has 2 aromatic carbocycles. The molecule has 0 saturated carbocycles. The van der Waals surface area contributed by atoms with Gasteiger partial charge in [0.1, 0.15) is 5.01 Å². The van der Waals surface area contributed by atoms with Crippen molar-refractivity contribution in [3.63, 3.8) is 0 Å². The van der Waals surface area contributed by atoms with Crippen LogP contribution in [0.3, 0.4) is 0 Å². The van der Waals surface area contributed by atoms with Gasteiger partial charge < -0.3 is 0 Å². The van der Waals surface area contributed by atoms with Crippen molar-refractivity contribution < 1.29 is 0 Å². The average molecular weight is 398 g/mol. The lowest BCUT2D eigenvalue weighted by atomic mass is 10.2. The second kappa shape index (κ2) is 6.42. The Labute approximate surface area is 161 Å². The highest BCUT2D eigenvalue weighted by Gasteiger charge is 2.14. The molecule has 0 spiro atoms. The largest absolute Gasteiger partial charge is 0.241 e. The fraction of sp³-hybridized carbons (Fsp3) is 0.111. The zero-order chi connectivity index (χ0) is 17.5. The summed E-state index contributed by atoms with van der Waals surface area (Å²) in [6.07, 6.45) is 1.72. The van der Waals surface area contributed by atoms with E-state index < -0.39 is 0 Å². The molecule has 0 bridgehead atoms. The summed E-state index contributed by atoms with van der Waals surface area (Å²) in [7, 11) is 0. The lowest BCUT2D eigenvalue weighted by Crippen LogP contribution is -1.94. The molecule has 0 aliphatic carbocycles. The van der Waals surface area contributed by atoms with E-state index in [1.165, 1.54) is 4.70 Å². The molecule has 0 amide bonds. The predicted molar refractivity (Wildman–Crippen MR) is 106 cm³/mol. The average Bonchev–Trinajstić information content (AvgIpc) is 3.34. The van der Waals surface area contributed by atoms with E-state index >= 15 is 0 Å². The van der Waals surface area contributed by atoms with Crippen molar-refractivity contribution in [3.8, 4) is 11.4 Å². The highest BCUT2D eigenvalue weighted by atomic mass is 35.5. The molecule has 5 nitrogen and oxygen atoms in total. The van der Waals surface area contributed by atoms with Crippen LogP contribution in [-0.4, -0.2) is 24.8 Å². The Bertz CT molecular complexity index is 1170. The number of hydrogen-bond donors (Lipinski definition) is 0. The maximum absolute atomic E-state index is 5.96. The fourth-order valence-corrected chi connectivity index (χ4v) is 4.70. The summed E-state index contributed by atoms with van der Waals surface area (Å²) in [5.41, 5.74) is 2.01. The zero-order valence-corrected chi connectivity index (χ0v) is 15.9. The summed E-state index contributed by atoms with van der Waals surface area (Å²) in [6, 6.07) is 15.8. The van der Waals surface area contributed by atoms with Crippen LogP contribution in [0, 0.1) is 0 Å². The monoisotopic (exact) mass is 397 g/mol. The molecule has 26 heavy (non-hydrogen) atoms. The van der Waals surface area contributed by atoms with Crippen molar-refractivity contribution in [1.82, 2.24) is 24.8 Å². The summed E-state index contributed by atoms with van der Waals surface area (Å²) in [4.78, 5) is 5.49. The molecule has 0 N–H and O–H groups in total. The number of hydrogen-bond acceptors (Lipinski definition) is 6. The Morgan fingerprint density at radius 3 is 2.54 bits per heavy atom. The van der Waals surface area contributed by atoms with Crippen LogP contribution in [0.4, 0.5) is 0 Å². The molecule has 0 radical (unpaired) electrons. The van der Waals surface area contributed by atoms with Crippen molar-refractivity contribution in [2.45, 2.75) is 12.8 Å². The van der Waals surface area contributed by atoms with Crippen LogP contribution in [0.25, 0.3) is 26.6 Å². The zero-order valence-electron chi connectivity index (χ0n) is 13.5. The van der Waals surface area contributed by atoms with Gasteiger partial charge in [0.25, 0.3) is 0 Å². The fourth-order valence-electron chi connectivity index (χ4n) is 2.78. The Morgan fingerprint density at radius 1 is 0.885 bits per heavy atom. The number of thiazole rings is 1. The second-order valence-corrected chi connectivity index (χ2v) is 8.39. The summed E-state index contributed by atoms with van der Waals surface area (Å²) in [6.45, 7) is 0. The van der Waals surface area contributed by atoms with Crippen molar-refractivity contribution in [1.29, 1.82) is 0 Å². The minimum absolute atomic E-state index is 0.698. The topological polar surface area (TPSA) is 56.0 Å². The number of para-hydroxylation sites is 1. The van der Waals surface area contributed by atoms with Gasteiger partial charge in [0.15, 0.2) is 5.82 Å². The van der Waals surface area contributed by atoms with E-state index in [9.17, 15) is 0 Å². The molecule has 0 unspecified atom stereocenters. The van der Waals surface area contributed by atoms with Gasteiger partial charge in [-0.2, -0.15) is 9.61 Å². The van der Waals surface area contributed by atoms with Crippen LogP contribution in [0.15, 0.2) is 48.5 Å². The van der Waals surface area contributed by atoms with Gasteiger partial charge in [0, 0.05) is 23.4 Å². The molecule has 3 aromatic heterocycles. The minimum atomic E-state index is 0.698. The Morgan fingerprint density at radius 2 is 1.69 bits per heavy atom. The highest BCUT2D eigenvalue weighted by molar-refractivity contribution is 7.18. The van der Waals surface area contributed by atoms with Gasteiger partial charge in [-0.25, -0.2) is 4.98 Å². The van der Waals surface area contributed by atoms with Crippen LogP contribution in [0.2, 0.25) is 5.02 Å². The molecule has 5 rings (SSSR count). The number of nitrogens with zero attached hydrogens (tertiary/aromatic N) is 5. The van der Waals surface area contributed by atoms with Crippen LogP contribution in [0.5, 0.6) is 0 Å². The maximum atomic E-state index is 5.96. The minimum Gasteiger partial charge on any atom is -0.241 e. The third-order valence-electron chi connectivity index (χ3n) is 4.03. The number of aryl methyl sites for hydroxylation is 2. The number of benzene rings is 2. The molecule has 5 aromatic rings. The van der Waals surface area contributed by atoms with E-state index in [4.69, 9.17) is 21.7 Å². The summed E-state index contributed by atoms with van der Waals surface area (Å²) in [5.74, 6) is 0.735. The van der Waals surface area contributed by atoms with Crippen LogP contribution in [-0.2, 0) is 12.8 Å². The quantitative estimate of drug-likeness (QED) is 0.432. The van der Waals surface area contributed by atoms with Crippen molar-refractivity contribution >= 4 is 49.5 Å². The van der Waals surface area contributed by atoms with E-state index in [1.54, 1.807) is 22.7 Å². The Balaban J connectivity index is 1.40. The predicted octanol–water partition coefficient (Wildman–Crippen LogP) is 4.90. The molecule has 8 heteroatoms. The number of rotatable bonds is 4. The molecule has 0 atom stereocenters. The molecule has 0 aliphatic rings.